The van der Waals surface area contributed by atoms with E-state index < -0.39 is 6.10 Å². The van der Waals surface area contributed by atoms with Gasteiger partial charge in [0, 0.05) is 5.02 Å². The van der Waals surface area contributed by atoms with Crippen LogP contribution in [0.2, 0.25) is 5.02 Å². The number of anilines is 1. The number of hydrogen-bond donors (Lipinski definition) is 1. The van der Waals surface area contributed by atoms with E-state index in [9.17, 15) is 4.79 Å². The molecule has 1 N–H and O–H groups in total. The lowest BCUT2D eigenvalue weighted by Gasteiger charge is -2.17. The lowest BCUT2D eigenvalue weighted by Crippen LogP contribution is -2.30. The van der Waals surface area contributed by atoms with Crippen LogP contribution in [0.3, 0.4) is 0 Å². The first-order valence-corrected chi connectivity index (χ1v) is 7.66. The van der Waals surface area contributed by atoms with Crippen LogP contribution in [-0.2, 0) is 4.79 Å². The van der Waals surface area contributed by atoms with Crippen molar-refractivity contribution in [3.8, 4) is 11.5 Å². The van der Waals surface area contributed by atoms with Crippen LogP contribution in [0, 0.1) is 13.8 Å². The molecule has 23 heavy (non-hydrogen) atoms. The summed E-state index contributed by atoms with van der Waals surface area (Å²) >= 11 is 5.96. The zero-order chi connectivity index (χ0) is 17.0. The van der Waals surface area contributed by atoms with E-state index >= 15 is 0 Å². The summed E-state index contributed by atoms with van der Waals surface area (Å²) in [6.45, 7) is 5.67. The number of rotatable bonds is 5. The molecule has 0 aliphatic rings. The van der Waals surface area contributed by atoms with Crippen molar-refractivity contribution in [2.24, 2.45) is 0 Å². The summed E-state index contributed by atoms with van der Waals surface area (Å²) < 4.78 is 10.9. The van der Waals surface area contributed by atoms with Crippen LogP contribution in [0.5, 0.6) is 11.5 Å². The molecule has 2 rings (SSSR count). The van der Waals surface area contributed by atoms with Gasteiger partial charge in [-0.25, -0.2) is 0 Å². The fourth-order valence-electron chi connectivity index (χ4n) is 2.27. The molecule has 1 amide bonds. The highest BCUT2D eigenvalue weighted by molar-refractivity contribution is 6.31. The summed E-state index contributed by atoms with van der Waals surface area (Å²) in [6, 6.07) is 10.9. The Hall–Kier alpha value is -2.20. The maximum Gasteiger partial charge on any atom is 0.265 e. The zero-order valence-electron chi connectivity index (χ0n) is 13.6. The van der Waals surface area contributed by atoms with Crippen LogP contribution >= 0.6 is 11.6 Å². The average molecular weight is 334 g/mol. The smallest absolute Gasteiger partial charge is 0.265 e. The van der Waals surface area contributed by atoms with Gasteiger partial charge >= 0.3 is 0 Å². The second-order valence-electron chi connectivity index (χ2n) is 5.42. The number of halogens is 1. The van der Waals surface area contributed by atoms with Gasteiger partial charge < -0.3 is 14.8 Å². The van der Waals surface area contributed by atoms with Gasteiger partial charge in [0.15, 0.2) is 6.10 Å². The first-order valence-electron chi connectivity index (χ1n) is 7.28. The predicted octanol–water partition coefficient (Wildman–Crippen LogP) is 4.37. The van der Waals surface area contributed by atoms with Crippen LogP contribution in [0.4, 0.5) is 5.69 Å². The normalized spacial score (nSPS) is 11.7. The molecule has 0 saturated carbocycles. The third-order valence-electron chi connectivity index (χ3n) is 3.30. The third kappa shape index (κ3) is 4.63. The minimum atomic E-state index is -0.653. The van der Waals surface area contributed by atoms with Gasteiger partial charge in [0.2, 0.25) is 0 Å². The molecule has 0 spiro atoms. The fraction of sp³-hybridized carbons (Fsp3) is 0.278. The predicted molar refractivity (Wildman–Crippen MR) is 92.6 cm³/mol. The number of carbonyl (C=O) groups excluding carboxylic acids is 1. The Morgan fingerprint density at radius 2 is 1.78 bits per heavy atom. The number of methoxy groups -OCH3 is 1. The van der Waals surface area contributed by atoms with Crippen molar-refractivity contribution in [2.75, 3.05) is 12.4 Å². The van der Waals surface area contributed by atoms with Gasteiger partial charge in [0.1, 0.15) is 11.5 Å². The van der Waals surface area contributed by atoms with Gasteiger partial charge in [-0.3, -0.25) is 4.79 Å². The summed E-state index contributed by atoms with van der Waals surface area (Å²) in [6.07, 6.45) is -0.653. The number of aryl methyl sites for hydroxylation is 2. The van der Waals surface area contributed by atoms with Gasteiger partial charge in [-0.05, 0) is 62.2 Å². The maximum absolute atomic E-state index is 12.3. The lowest BCUT2D eigenvalue weighted by atomic mass is 10.1. The summed E-state index contributed by atoms with van der Waals surface area (Å²) in [7, 11) is 1.54. The van der Waals surface area contributed by atoms with Crippen LogP contribution in [-0.4, -0.2) is 19.1 Å². The van der Waals surface area contributed by atoms with E-state index in [1.165, 1.54) is 7.11 Å². The molecule has 0 bridgehead atoms. The average Bonchev–Trinajstić information content (AvgIpc) is 2.46. The SMILES string of the molecule is COc1ccc(Cl)cc1NC(=O)C(C)Oc1cc(C)cc(C)c1. The fourth-order valence-corrected chi connectivity index (χ4v) is 2.44. The standard InChI is InChI=1S/C18H20ClNO3/c1-11-7-12(2)9-15(8-11)23-13(3)18(21)20-16-10-14(19)5-6-17(16)22-4/h5-10,13H,1-4H3,(H,20,21). The minimum absolute atomic E-state index is 0.273. The van der Waals surface area contributed by atoms with Crippen molar-refractivity contribution in [2.45, 2.75) is 26.9 Å². The molecule has 4 nitrogen and oxygen atoms in total. The van der Waals surface area contributed by atoms with Gasteiger partial charge in [0.05, 0.1) is 12.8 Å². The molecule has 122 valence electrons. The first kappa shape index (κ1) is 17.2. The Kier molecular flexibility index (Phi) is 5.50. The molecule has 0 aromatic heterocycles. The highest BCUT2D eigenvalue weighted by Gasteiger charge is 2.17. The maximum atomic E-state index is 12.3. The highest BCUT2D eigenvalue weighted by atomic mass is 35.5. The number of benzene rings is 2. The Morgan fingerprint density at radius 1 is 1.13 bits per heavy atom. The van der Waals surface area contributed by atoms with Crippen LogP contribution in [0.15, 0.2) is 36.4 Å². The number of amides is 1. The van der Waals surface area contributed by atoms with Crippen molar-refractivity contribution in [3.05, 3.63) is 52.5 Å². The van der Waals surface area contributed by atoms with E-state index in [0.717, 1.165) is 11.1 Å². The number of hydrogen-bond acceptors (Lipinski definition) is 3. The summed E-state index contributed by atoms with van der Waals surface area (Å²) in [5.41, 5.74) is 2.69. The molecule has 0 saturated heterocycles. The number of nitrogens with one attached hydrogen (secondary N) is 1. The van der Waals surface area contributed by atoms with E-state index in [4.69, 9.17) is 21.1 Å². The van der Waals surface area contributed by atoms with Crippen molar-refractivity contribution in [1.29, 1.82) is 0 Å². The molecule has 0 aliphatic heterocycles. The van der Waals surface area contributed by atoms with Crippen molar-refractivity contribution >= 4 is 23.2 Å². The molecule has 0 radical (unpaired) electrons. The molecule has 1 unspecified atom stereocenters. The molecule has 0 aliphatic carbocycles. The van der Waals surface area contributed by atoms with Crippen molar-refractivity contribution in [1.82, 2.24) is 0 Å². The van der Waals surface area contributed by atoms with Gasteiger partial charge in [0.25, 0.3) is 5.91 Å². The Bertz CT molecular complexity index is 695. The Balaban J connectivity index is 2.09. The third-order valence-corrected chi connectivity index (χ3v) is 3.53. The zero-order valence-corrected chi connectivity index (χ0v) is 14.4. The molecular weight excluding hydrogens is 314 g/mol. The van der Waals surface area contributed by atoms with E-state index in [0.29, 0.717) is 22.2 Å². The topological polar surface area (TPSA) is 47.6 Å². The van der Waals surface area contributed by atoms with Gasteiger partial charge in [-0.2, -0.15) is 0 Å². The Morgan fingerprint density at radius 3 is 2.39 bits per heavy atom. The van der Waals surface area contributed by atoms with E-state index in [2.05, 4.69) is 11.4 Å². The number of carbonyl (C=O) groups is 1. The van der Waals surface area contributed by atoms with Crippen LogP contribution in [0.25, 0.3) is 0 Å². The second-order valence-corrected chi connectivity index (χ2v) is 5.85. The summed E-state index contributed by atoms with van der Waals surface area (Å²) in [4.78, 5) is 12.3. The van der Waals surface area contributed by atoms with E-state index in [1.54, 1.807) is 25.1 Å². The molecule has 5 heteroatoms. The lowest BCUT2D eigenvalue weighted by molar-refractivity contribution is -0.122. The van der Waals surface area contributed by atoms with Gasteiger partial charge in [-0.15, -0.1) is 0 Å². The minimum Gasteiger partial charge on any atom is -0.495 e. The van der Waals surface area contributed by atoms with Crippen molar-refractivity contribution in [3.63, 3.8) is 0 Å². The molecule has 2 aromatic rings. The molecule has 1 atom stereocenters. The Labute approximate surface area is 141 Å². The second kappa shape index (κ2) is 7.38. The summed E-state index contributed by atoms with van der Waals surface area (Å²) in [5.74, 6) is 0.939. The largest absolute Gasteiger partial charge is 0.495 e. The highest BCUT2D eigenvalue weighted by Crippen LogP contribution is 2.28. The number of ether oxygens (including phenoxy) is 2. The monoisotopic (exact) mass is 333 g/mol. The molecule has 0 fully saturated rings. The van der Waals surface area contributed by atoms with Crippen LogP contribution in [0.1, 0.15) is 18.1 Å². The van der Waals surface area contributed by atoms with E-state index in [-0.39, 0.29) is 5.91 Å². The van der Waals surface area contributed by atoms with Crippen molar-refractivity contribution < 1.29 is 14.3 Å². The molecular formula is C18H20ClNO3. The first-order chi connectivity index (χ1) is 10.9. The quantitative estimate of drug-likeness (QED) is 0.883. The van der Waals surface area contributed by atoms with Gasteiger partial charge in [-0.1, -0.05) is 17.7 Å². The van der Waals surface area contributed by atoms with Crippen LogP contribution < -0.4 is 14.8 Å². The molecule has 0 heterocycles. The summed E-state index contributed by atoms with van der Waals surface area (Å²) in [5, 5.41) is 3.30. The molecule has 2 aromatic carbocycles. The van der Waals surface area contributed by atoms with E-state index in [1.807, 2.05) is 26.0 Å².